The predicted molar refractivity (Wildman–Crippen MR) is 113 cm³/mol. The zero-order valence-electron chi connectivity index (χ0n) is 16.6. The summed E-state index contributed by atoms with van der Waals surface area (Å²) in [7, 11) is 1.69. The van der Waals surface area contributed by atoms with E-state index in [0.717, 1.165) is 41.8 Å². The van der Waals surface area contributed by atoms with Crippen LogP contribution in [0.5, 0.6) is 5.75 Å². The van der Waals surface area contributed by atoms with Crippen LogP contribution in [0.15, 0.2) is 48.8 Å². The van der Waals surface area contributed by atoms with E-state index in [0.29, 0.717) is 0 Å². The Kier molecular flexibility index (Phi) is 4.69. The summed E-state index contributed by atoms with van der Waals surface area (Å²) in [4.78, 5) is 10.1. The van der Waals surface area contributed by atoms with Gasteiger partial charge in [-0.1, -0.05) is 12.8 Å². The van der Waals surface area contributed by atoms with E-state index < -0.39 is 0 Å². The third-order valence-corrected chi connectivity index (χ3v) is 6.35. The summed E-state index contributed by atoms with van der Waals surface area (Å²) in [5.74, 6) is 0.867. The summed E-state index contributed by atoms with van der Waals surface area (Å²) < 4.78 is 7.36. The molecule has 0 atom stereocenters. The molecule has 28 heavy (non-hydrogen) atoms. The number of pyridine rings is 1. The minimum Gasteiger partial charge on any atom is -0.497 e. The van der Waals surface area contributed by atoms with E-state index in [-0.39, 0.29) is 0 Å². The summed E-state index contributed by atoms with van der Waals surface area (Å²) in [6.07, 6.45) is 9.85. The first-order valence-electron chi connectivity index (χ1n) is 10.4. The molecule has 2 fully saturated rings. The number of ether oxygens (including phenoxy) is 1. The second kappa shape index (κ2) is 7.47. The number of methoxy groups -OCH3 is 1. The van der Waals surface area contributed by atoms with E-state index in [9.17, 15) is 0 Å². The number of benzene rings is 1. The second-order valence-corrected chi connectivity index (χ2v) is 7.97. The molecule has 0 unspecified atom stereocenters. The van der Waals surface area contributed by atoms with Crippen LogP contribution in [0.4, 0.5) is 5.69 Å². The van der Waals surface area contributed by atoms with Gasteiger partial charge >= 0.3 is 0 Å². The highest BCUT2D eigenvalue weighted by Crippen LogP contribution is 2.27. The van der Waals surface area contributed by atoms with Crippen LogP contribution in [0.3, 0.4) is 0 Å². The van der Waals surface area contributed by atoms with E-state index in [4.69, 9.17) is 9.72 Å². The summed E-state index contributed by atoms with van der Waals surface area (Å²) in [6.45, 7) is 4.58. The molecule has 0 amide bonds. The molecule has 146 valence electrons. The highest BCUT2D eigenvalue weighted by molar-refractivity contribution is 5.66. The van der Waals surface area contributed by atoms with Crippen LogP contribution in [-0.4, -0.2) is 53.6 Å². The average molecular weight is 377 g/mol. The maximum absolute atomic E-state index is 5.25. The Bertz CT molecular complexity index is 935. The summed E-state index contributed by atoms with van der Waals surface area (Å²) in [5.41, 5.74) is 4.38. The number of hydrogen-bond donors (Lipinski definition) is 0. The van der Waals surface area contributed by atoms with Gasteiger partial charge in [-0.3, -0.25) is 4.90 Å². The summed E-state index contributed by atoms with van der Waals surface area (Å²) in [5, 5.41) is 0. The molecular formula is C23H28N4O. The maximum atomic E-state index is 5.25. The van der Waals surface area contributed by atoms with E-state index in [1.54, 1.807) is 7.11 Å². The zero-order chi connectivity index (χ0) is 18.9. The lowest BCUT2D eigenvalue weighted by Crippen LogP contribution is -2.49. The molecule has 0 N–H and O–H groups in total. The zero-order valence-corrected chi connectivity index (χ0v) is 16.6. The van der Waals surface area contributed by atoms with E-state index in [2.05, 4.69) is 50.9 Å². The first kappa shape index (κ1) is 17.6. The lowest BCUT2D eigenvalue weighted by molar-refractivity contribution is 0.187. The van der Waals surface area contributed by atoms with Gasteiger partial charge in [0, 0.05) is 61.9 Å². The average Bonchev–Trinajstić information content (AvgIpc) is 3.43. The fraction of sp³-hybridized carbons (Fsp3) is 0.435. The minimum absolute atomic E-state index is 0.837. The molecule has 1 aromatic carbocycles. The molecule has 2 aliphatic rings. The largest absolute Gasteiger partial charge is 0.497 e. The highest BCUT2D eigenvalue weighted by Gasteiger charge is 2.26. The molecule has 1 saturated heterocycles. The number of fused-ring (bicyclic) bond motifs is 1. The van der Waals surface area contributed by atoms with Crippen molar-refractivity contribution in [1.82, 2.24) is 14.3 Å². The van der Waals surface area contributed by atoms with Crippen molar-refractivity contribution in [3.8, 4) is 17.0 Å². The Morgan fingerprint density at radius 1 is 0.964 bits per heavy atom. The van der Waals surface area contributed by atoms with Crippen molar-refractivity contribution in [2.45, 2.75) is 31.7 Å². The van der Waals surface area contributed by atoms with Gasteiger partial charge in [-0.05, 0) is 43.2 Å². The van der Waals surface area contributed by atoms with Crippen LogP contribution in [0.25, 0.3) is 16.9 Å². The van der Waals surface area contributed by atoms with Gasteiger partial charge in [0.05, 0.1) is 12.8 Å². The number of rotatable bonds is 4. The Morgan fingerprint density at radius 2 is 1.71 bits per heavy atom. The number of anilines is 1. The van der Waals surface area contributed by atoms with Crippen molar-refractivity contribution in [1.29, 1.82) is 0 Å². The number of aromatic nitrogens is 2. The second-order valence-electron chi connectivity index (χ2n) is 7.97. The number of hydrogen-bond acceptors (Lipinski definition) is 4. The van der Waals surface area contributed by atoms with Crippen molar-refractivity contribution >= 4 is 11.3 Å². The van der Waals surface area contributed by atoms with Crippen molar-refractivity contribution in [3.05, 3.63) is 48.8 Å². The smallest absolute Gasteiger partial charge is 0.139 e. The molecule has 5 heteroatoms. The van der Waals surface area contributed by atoms with Gasteiger partial charge in [-0.15, -0.1) is 0 Å². The predicted octanol–water partition coefficient (Wildman–Crippen LogP) is 4.07. The third kappa shape index (κ3) is 3.35. The van der Waals surface area contributed by atoms with Crippen LogP contribution in [0.1, 0.15) is 25.7 Å². The van der Waals surface area contributed by atoms with Crippen molar-refractivity contribution in [2.24, 2.45) is 0 Å². The standard InChI is InChI=1S/C23H28N4O/c1-28-21-8-6-18(7-9-21)22-17-27-11-10-20(16-23(27)24-22)26-14-12-25(13-15-26)19-4-2-3-5-19/h6-11,16-17,19H,2-5,12-15H2,1H3. The molecule has 0 radical (unpaired) electrons. The Morgan fingerprint density at radius 3 is 2.43 bits per heavy atom. The first-order valence-corrected chi connectivity index (χ1v) is 10.4. The fourth-order valence-corrected chi connectivity index (χ4v) is 4.68. The summed E-state index contributed by atoms with van der Waals surface area (Å²) >= 11 is 0. The lowest BCUT2D eigenvalue weighted by Gasteiger charge is -2.39. The molecule has 0 spiro atoms. The topological polar surface area (TPSA) is 33.0 Å². The SMILES string of the molecule is COc1ccc(-c2cn3ccc(N4CCN(C5CCCC5)CC4)cc3n2)cc1. The van der Waals surface area contributed by atoms with Crippen LogP contribution < -0.4 is 9.64 Å². The molecule has 5 rings (SSSR count). The van der Waals surface area contributed by atoms with Crippen LogP contribution in [-0.2, 0) is 0 Å². The number of imidazole rings is 1. The maximum Gasteiger partial charge on any atom is 0.139 e. The minimum atomic E-state index is 0.837. The van der Waals surface area contributed by atoms with Crippen molar-refractivity contribution in [3.63, 3.8) is 0 Å². The highest BCUT2D eigenvalue weighted by atomic mass is 16.5. The fourth-order valence-electron chi connectivity index (χ4n) is 4.68. The van der Waals surface area contributed by atoms with Gasteiger partial charge in [-0.2, -0.15) is 0 Å². The molecule has 1 saturated carbocycles. The van der Waals surface area contributed by atoms with Gasteiger partial charge < -0.3 is 14.0 Å². The van der Waals surface area contributed by atoms with Gasteiger partial charge in [0.15, 0.2) is 0 Å². The van der Waals surface area contributed by atoms with Crippen LogP contribution in [0.2, 0.25) is 0 Å². The van der Waals surface area contributed by atoms with Gasteiger partial charge in [0.2, 0.25) is 0 Å². The molecular weight excluding hydrogens is 348 g/mol. The van der Waals surface area contributed by atoms with Gasteiger partial charge in [0.25, 0.3) is 0 Å². The van der Waals surface area contributed by atoms with Crippen LogP contribution in [0, 0.1) is 0 Å². The van der Waals surface area contributed by atoms with Gasteiger partial charge in [-0.25, -0.2) is 4.98 Å². The van der Waals surface area contributed by atoms with E-state index in [1.807, 2.05) is 12.1 Å². The van der Waals surface area contributed by atoms with Crippen LogP contribution >= 0.6 is 0 Å². The van der Waals surface area contributed by atoms with Crippen molar-refractivity contribution < 1.29 is 4.74 Å². The quantitative estimate of drug-likeness (QED) is 0.687. The Labute approximate surface area is 166 Å². The number of nitrogens with zero attached hydrogens (tertiary/aromatic N) is 4. The molecule has 3 heterocycles. The molecule has 1 aliphatic carbocycles. The Balaban J connectivity index is 1.32. The van der Waals surface area contributed by atoms with Crippen molar-refractivity contribution in [2.75, 3.05) is 38.2 Å². The molecule has 0 bridgehead atoms. The molecule has 3 aromatic rings. The molecule has 1 aliphatic heterocycles. The number of piperazine rings is 1. The Hall–Kier alpha value is -2.53. The van der Waals surface area contributed by atoms with E-state index in [1.165, 1.54) is 44.5 Å². The normalized spacial score (nSPS) is 18.8. The molecule has 2 aromatic heterocycles. The lowest BCUT2D eigenvalue weighted by atomic mass is 10.1. The van der Waals surface area contributed by atoms with Gasteiger partial charge in [0.1, 0.15) is 11.4 Å². The third-order valence-electron chi connectivity index (χ3n) is 6.35. The summed E-state index contributed by atoms with van der Waals surface area (Å²) in [6, 6.07) is 13.4. The van der Waals surface area contributed by atoms with E-state index >= 15 is 0 Å². The monoisotopic (exact) mass is 376 g/mol. The molecule has 5 nitrogen and oxygen atoms in total. The first-order chi connectivity index (χ1) is 13.8.